The maximum absolute atomic E-state index is 12.6. The molecule has 0 fully saturated rings. The summed E-state index contributed by atoms with van der Waals surface area (Å²) in [5.41, 5.74) is -1.33. The lowest BCUT2D eigenvalue weighted by Gasteiger charge is -2.07. The molecule has 0 aliphatic heterocycles. The number of halogens is 3. The van der Waals surface area contributed by atoms with Crippen molar-refractivity contribution in [2.24, 2.45) is 0 Å². The number of carboxylic acids is 1. The summed E-state index contributed by atoms with van der Waals surface area (Å²) < 4.78 is 38.8. The Morgan fingerprint density at radius 2 is 2.12 bits per heavy atom. The summed E-state index contributed by atoms with van der Waals surface area (Å²) in [6, 6.07) is 2.04. The molecule has 0 aliphatic carbocycles. The first kappa shape index (κ1) is 11.4. The number of hydrogen-bond donors (Lipinski definition) is 1. The SMILES string of the molecule is O=C(O)Cc1nnc2c(C(F)(F)F)cccn12. The average Bonchev–Trinajstić information content (AvgIpc) is 2.59. The molecule has 5 nitrogen and oxygen atoms in total. The van der Waals surface area contributed by atoms with Crippen LogP contribution >= 0.6 is 0 Å². The van der Waals surface area contributed by atoms with Crippen LogP contribution in [0.2, 0.25) is 0 Å². The van der Waals surface area contributed by atoms with Crippen LogP contribution in [0.1, 0.15) is 11.4 Å². The molecule has 2 heterocycles. The molecule has 2 aromatic heterocycles. The van der Waals surface area contributed by atoms with E-state index in [0.29, 0.717) is 0 Å². The fourth-order valence-corrected chi connectivity index (χ4v) is 1.44. The van der Waals surface area contributed by atoms with Gasteiger partial charge in [0.1, 0.15) is 17.8 Å². The standard InChI is InChI=1S/C9H6F3N3O2/c10-9(11,12)5-2-1-3-15-6(4-7(16)17)13-14-8(5)15/h1-3H,4H2,(H,16,17). The van der Waals surface area contributed by atoms with Crippen molar-refractivity contribution in [3.63, 3.8) is 0 Å². The zero-order chi connectivity index (χ0) is 12.6. The molecule has 2 aromatic rings. The Labute approximate surface area is 92.5 Å². The molecule has 8 heteroatoms. The molecule has 1 N–H and O–H groups in total. The molecule has 0 saturated heterocycles. The minimum Gasteiger partial charge on any atom is -0.481 e. The van der Waals surface area contributed by atoms with Crippen molar-refractivity contribution in [2.75, 3.05) is 0 Å². The van der Waals surface area contributed by atoms with Crippen LogP contribution in [0.15, 0.2) is 18.3 Å². The molecule has 2 rings (SSSR count). The summed E-state index contributed by atoms with van der Waals surface area (Å²) in [5, 5.41) is 15.4. The molecule has 0 aromatic carbocycles. The second-order valence-electron chi connectivity index (χ2n) is 3.30. The summed E-state index contributed by atoms with van der Waals surface area (Å²) in [6.45, 7) is 0. The van der Waals surface area contributed by atoms with Crippen LogP contribution < -0.4 is 0 Å². The van der Waals surface area contributed by atoms with Gasteiger partial charge in [-0.25, -0.2) is 0 Å². The van der Waals surface area contributed by atoms with Crippen LogP contribution in [0.25, 0.3) is 5.65 Å². The maximum Gasteiger partial charge on any atom is 0.420 e. The van der Waals surface area contributed by atoms with E-state index in [0.717, 1.165) is 10.5 Å². The zero-order valence-electron chi connectivity index (χ0n) is 8.27. The highest BCUT2D eigenvalue weighted by Crippen LogP contribution is 2.31. The van der Waals surface area contributed by atoms with Crippen molar-refractivity contribution in [1.82, 2.24) is 14.6 Å². The van der Waals surface area contributed by atoms with Gasteiger partial charge in [-0.3, -0.25) is 9.20 Å². The van der Waals surface area contributed by atoms with E-state index in [2.05, 4.69) is 10.2 Å². The average molecular weight is 245 g/mol. The monoisotopic (exact) mass is 245 g/mol. The Kier molecular flexibility index (Phi) is 2.49. The Morgan fingerprint density at radius 1 is 1.41 bits per heavy atom. The molecule has 0 bridgehead atoms. The van der Waals surface area contributed by atoms with E-state index in [9.17, 15) is 18.0 Å². The number of fused-ring (bicyclic) bond motifs is 1. The van der Waals surface area contributed by atoms with E-state index in [4.69, 9.17) is 5.11 Å². The lowest BCUT2D eigenvalue weighted by atomic mass is 10.2. The van der Waals surface area contributed by atoms with Crippen LogP contribution in [0, 0.1) is 0 Å². The highest BCUT2D eigenvalue weighted by atomic mass is 19.4. The molecule has 0 saturated carbocycles. The maximum atomic E-state index is 12.6. The summed E-state index contributed by atoms with van der Waals surface area (Å²) in [4.78, 5) is 10.5. The van der Waals surface area contributed by atoms with Crippen LogP contribution in [0.4, 0.5) is 13.2 Å². The summed E-state index contributed by atoms with van der Waals surface area (Å²) in [6.07, 6.45) is -3.73. The number of nitrogens with zero attached hydrogens (tertiary/aromatic N) is 3. The first-order chi connectivity index (χ1) is 7.89. The predicted molar refractivity (Wildman–Crippen MR) is 49.3 cm³/mol. The minimum atomic E-state index is -4.55. The number of carbonyl (C=O) groups is 1. The van der Waals surface area contributed by atoms with Gasteiger partial charge < -0.3 is 5.11 Å². The summed E-state index contributed by atoms with van der Waals surface area (Å²) >= 11 is 0. The molecule has 90 valence electrons. The first-order valence-electron chi connectivity index (χ1n) is 4.51. The Morgan fingerprint density at radius 3 is 2.71 bits per heavy atom. The second-order valence-corrected chi connectivity index (χ2v) is 3.30. The molecule has 0 spiro atoms. The van der Waals surface area contributed by atoms with Crippen molar-refractivity contribution >= 4 is 11.6 Å². The molecular weight excluding hydrogens is 239 g/mol. The van der Waals surface area contributed by atoms with Crippen LogP contribution in [0.5, 0.6) is 0 Å². The van der Waals surface area contributed by atoms with Crippen molar-refractivity contribution < 1.29 is 23.1 Å². The fraction of sp³-hybridized carbons (Fsp3) is 0.222. The number of aliphatic carboxylic acids is 1. The van der Waals surface area contributed by atoms with Crippen molar-refractivity contribution in [2.45, 2.75) is 12.6 Å². The summed E-state index contributed by atoms with van der Waals surface area (Å²) in [5.74, 6) is -1.23. The number of aromatic nitrogens is 3. The number of pyridine rings is 1. The predicted octanol–water partition coefficient (Wildman–Crippen LogP) is 1.38. The number of rotatable bonds is 2. The van der Waals surface area contributed by atoms with Crippen LogP contribution in [-0.4, -0.2) is 25.7 Å². The van der Waals surface area contributed by atoms with Gasteiger partial charge in [0, 0.05) is 6.20 Å². The third-order valence-corrected chi connectivity index (χ3v) is 2.12. The Balaban J connectivity index is 2.61. The Bertz CT molecular complexity index is 576. The van der Waals surface area contributed by atoms with E-state index in [1.54, 1.807) is 0 Å². The van der Waals surface area contributed by atoms with E-state index >= 15 is 0 Å². The van der Waals surface area contributed by atoms with Gasteiger partial charge in [-0.15, -0.1) is 10.2 Å². The van der Waals surface area contributed by atoms with Gasteiger partial charge in [-0.1, -0.05) is 0 Å². The molecule has 0 unspecified atom stereocenters. The van der Waals surface area contributed by atoms with Crippen LogP contribution in [-0.2, 0) is 17.4 Å². The molecule has 0 atom stereocenters. The van der Waals surface area contributed by atoms with Crippen molar-refractivity contribution in [1.29, 1.82) is 0 Å². The molecule has 0 amide bonds. The molecule has 0 aliphatic rings. The lowest BCUT2D eigenvalue weighted by molar-refractivity contribution is -0.137. The van der Waals surface area contributed by atoms with Gasteiger partial charge in [0.2, 0.25) is 0 Å². The fourth-order valence-electron chi connectivity index (χ4n) is 1.44. The topological polar surface area (TPSA) is 67.5 Å². The van der Waals surface area contributed by atoms with Gasteiger partial charge in [-0.05, 0) is 12.1 Å². The van der Waals surface area contributed by atoms with Crippen molar-refractivity contribution in [3.8, 4) is 0 Å². The van der Waals surface area contributed by atoms with Crippen LogP contribution in [0.3, 0.4) is 0 Å². The minimum absolute atomic E-state index is 0.0430. The highest BCUT2D eigenvalue weighted by Gasteiger charge is 2.34. The third kappa shape index (κ3) is 2.05. The van der Waals surface area contributed by atoms with Gasteiger partial charge >= 0.3 is 12.1 Å². The smallest absolute Gasteiger partial charge is 0.420 e. The third-order valence-electron chi connectivity index (χ3n) is 2.12. The lowest BCUT2D eigenvalue weighted by Crippen LogP contribution is -2.09. The summed E-state index contributed by atoms with van der Waals surface area (Å²) in [7, 11) is 0. The highest BCUT2D eigenvalue weighted by molar-refractivity contribution is 5.69. The number of carboxylic acid groups (broad SMARTS) is 1. The molecule has 0 radical (unpaired) electrons. The number of alkyl halides is 3. The van der Waals surface area contributed by atoms with E-state index in [1.165, 1.54) is 12.3 Å². The van der Waals surface area contributed by atoms with E-state index in [-0.39, 0.29) is 5.82 Å². The number of hydrogen-bond acceptors (Lipinski definition) is 3. The molecule has 17 heavy (non-hydrogen) atoms. The van der Waals surface area contributed by atoms with Crippen molar-refractivity contribution in [3.05, 3.63) is 29.7 Å². The largest absolute Gasteiger partial charge is 0.481 e. The van der Waals surface area contributed by atoms with E-state index in [1.807, 2.05) is 0 Å². The molecular formula is C9H6F3N3O2. The van der Waals surface area contributed by atoms with Gasteiger partial charge in [0.05, 0.1) is 0 Å². The van der Waals surface area contributed by atoms with Gasteiger partial charge in [0.15, 0.2) is 5.65 Å². The van der Waals surface area contributed by atoms with Gasteiger partial charge in [0.25, 0.3) is 0 Å². The Hall–Kier alpha value is -2.12. The first-order valence-corrected chi connectivity index (χ1v) is 4.51. The van der Waals surface area contributed by atoms with E-state index < -0.39 is 29.8 Å². The normalized spacial score (nSPS) is 11.9. The van der Waals surface area contributed by atoms with Gasteiger partial charge in [-0.2, -0.15) is 13.2 Å². The zero-order valence-corrected chi connectivity index (χ0v) is 8.27. The quantitative estimate of drug-likeness (QED) is 0.867. The second kappa shape index (κ2) is 3.72.